The van der Waals surface area contributed by atoms with Gasteiger partial charge in [0.2, 0.25) is 0 Å². The minimum atomic E-state index is -1.42. The maximum atomic E-state index is 11.1. The minimum Gasteiger partial charge on any atom is -0.477 e. The average Bonchev–Trinajstić information content (AvgIpc) is 2.81. The van der Waals surface area contributed by atoms with E-state index in [2.05, 4.69) is 4.98 Å². The standard InChI is InChI=1S/C10H6N2O5S/c13-9(14)8-6(12(15)16)2-1-3-7(8)17-10-11-4-5-18-10/h1-5H,(H,13,14). The second-order valence-electron chi connectivity index (χ2n) is 3.11. The van der Waals surface area contributed by atoms with E-state index >= 15 is 0 Å². The van der Waals surface area contributed by atoms with Gasteiger partial charge in [-0.25, -0.2) is 9.78 Å². The molecular formula is C10H6N2O5S. The van der Waals surface area contributed by atoms with Crippen LogP contribution < -0.4 is 4.74 Å². The lowest BCUT2D eigenvalue weighted by atomic mass is 10.1. The van der Waals surface area contributed by atoms with Crippen LogP contribution in [0.4, 0.5) is 5.69 Å². The molecule has 0 atom stereocenters. The molecule has 0 amide bonds. The molecule has 1 heterocycles. The number of carboxylic acids is 1. The summed E-state index contributed by atoms with van der Waals surface area (Å²) >= 11 is 1.16. The van der Waals surface area contributed by atoms with Crippen LogP contribution >= 0.6 is 11.3 Å². The van der Waals surface area contributed by atoms with E-state index in [9.17, 15) is 14.9 Å². The molecule has 18 heavy (non-hydrogen) atoms. The van der Waals surface area contributed by atoms with Gasteiger partial charge in [-0.3, -0.25) is 10.1 Å². The van der Waals surface area contributed by atoms with Gasteiger partial charge in [0.1, 0.15) is 0 Å². The van der Waals surface area contributed by atoms with E-state index in [1.807, 2.05) is 0 Å². The van der Waals surface area contributed by atoms with Crippen molar-refractivity contribution in [1.82, 2.24) is 4.98 Å². The van der Waals surface area contributed by atoms with E-state index in [0.717, 1.165) is 17.4 Å². The molecule has 0 fully saturated rings. The zero-order valence-corrected chi connectivity index (χ0v) is 9.59. The summed E-state index contributed by atoms with van der Waals surface area (Å²) in [5.41, 5.74) is -1.01. The number of rotatable bonds is 4. The van der Waals surface area contributed by atoms with Crippen LogP contribution in [0.15, 0.2) is 29.8 Å². The van der Waals surface area contributed by atoms with E-state index in [-0.39, 0.29) is 10.9 Å². The van der Waals surface area contributed by atoms with Crippen molar-refractivity contribution in [3.05, 3.63) is 45.5 Å². The van der Waals surface area contributed by atoms with Crippen molar-refractivity contribution >= 4 is 23.0 Å². The molecule has 0 radical (unpaired) electrons. The molecule has 0 unspecified atom stereocenters. The number of aromatic carboxylic acids is 1. The van der Waals surface area contributed by atoms with Gasteiger partial charge < -0.3 is 9.84 Å². The number of thiazole rings is 1. The van der Waals surface area contributed by atoms with Gasteiger partial charge >= 0.3 is 5.97 Å². The SMILES string of the molecule is O=C(O)c1c(Oc2nccs2)cccc1[N+](=O)[O-]. The molecule has 0 bridgehead atoms. The molecular weight excluding hydrogens is 260 g/mol. The summed E-state index contributed by atoms with van der Waals surface area (Å²) in [4.78, 5) is 24.9. The lowest BCUT2D eigenvalue weighted by molar-refractivity contribution is -0.385. The molecule has 0 aliphatic heterocycles. The number of carboxylic acid groups (broad SMARTS) is 1. The van der Waals surface area contributed by atoms with Gasteiger partial charge in [0.05, 0.1) is 4.92 Å². The number of aromatic nitrogens is 1. The van der Waals surface area contributed by atoms with Crippen molar-refractivity contribution in [1.29, 1.82) is 0 Å². The fourth-order valence-corrected chi connectivity index (χ4v) is 1.82. The van der Waals surface area contributed by atoms with Crippen LogP contribution in [0.3, 0.4) is 0 Å². The van der Waals surface area contributed by atoms with Crippen molar-refractivity contribution in [3.8, 4) is 10.9 Å². The van der Waals surface area contributed by atoms with Crippen LogP contribution in [-0.4, -0.2) is 21.0 Å². The molecule has 2 rings (SSSR count). The van der Waals surface area contributed by atoms with E-state index in [4.69, 9.17) is 9.84 Å². The monoisotopic (exact) mass is 266 g/mol. The highest BCUT2D eigenvalue weighted by Crippen LogP contribution is 2.32. The van der Waals surface area contributed by atoms with Crippen LogP contribution in [0.1, 0.15) is 10.4 Å². The Morgan fingerprint density at radius 2 is 2.28 bits per heavy atom. The third-order valence-electron chi connectivity index (χ3n) is 2.02. The van der Waals surface area contributed by atoms with Gasteiger partial charge in [-0.2, -0.15) is 0 Å². The molecule has 0 spiro atoms. The number of benzene rings is 1. The predicted molar refractivity (Wildman–Crippen MR) is 62.2 cm³/mol. The molecule has 92 valence electrons. The van der Waals surface area contributed by atoms with Gasteiger partial charge in [0.25, 0.3) is 10.9 Å². The van der Waals surface area contributed by atoms with Crippen molar-refractivity contribution in [2.45, 2.75) is 0 Å². The summed E-state index contributed by atoms with van der Waals surface area (Å²) in [7, 11) is 0. The second-order valence-corrected chi connectivity index (χ2v) is 3.97. The highest BCUT2D eigenvalue weighted by Gasteiger charge is 2.25. The number of nitrogens with zero attached hydrogens (tertiary/aromatic N) is 2. The molecule has 7 nitrogen and oxygen atoms in total. The molecule has 2 aromatic rings. The van der Waals surface area contributed by atoms with Gasteiger partial charge in [-0.1, -0.05) is 17.4 Å². The first kappa shape index (κ1) is 12.0. The van der Waals surface area contributed by atoms with Gasteiger partial charge in [-0.15, -0.1) is 0 Å². The van der Waals surface area contributed by atoms with Crippen LogP contribution in [0.25, 0.3) is 0 Å². The molecule has 0 aliphatic carbocycles. The van der Waals surface area contributed by atoms with Crippen LogP contribution in [-0.2, 0) is 0 Å². The smallest absolute Gasteiger partial charge is 0.346 e. The number of hydrogen-bond acceptors (Lipinski definition) is 6. The van der Waals surface area contributed by atoms with E-state index in [1.54, 1.807) is 5.38 Å². The number of ether oxygens (including phenoxy) is 1. The summed E-state index contributed by atoms with van der Waals surface area (Å²) in [6.45, 7) is 0. The Morgan fingerprint density at radius 1 is 1.50 bits per heavy atom. The van der Waals surface area contributed by atoms with Gasteiger partial charge in [0.15, 0.2) is 11.3 Å². The fourth-order valence-electron chi connectivity index (χ4n) is 1.33. The normalized spacial score (nSPS) is 10.0. The zero-order chi connectivity index (χ0) is 13.1. The first-order valence-electron chi connectivity index (χ1n) is 4.67. The lowest BCUT2D eigenvalue weighted by Crippen LogP contribution is -2.05. The average molecular weight is 266 g/mol. The van der Waals surface area contributed by atoms with E-state index in [1.165, 1.54) is 18.3 Å². The van der Waals surface area contributed by atoms with Crippen LogP contribution in [0.5, 0.6) is 10.9 Å². The predicted octanol–water partition coefficient (Wildman–Crippen LogP) is 2.54. The number of hydrogen-bond donors (Lipinski definition) is 1. The van der Waals surface area contributed by atoms with Crippen molar-refractivity contribution in [3.63, 3.8) is 0 Å². The first-order chi connectivity index (χ1) is 8.59. The Balaban J connectivity index is 2.49. The Labute approximate surface area is 104 Å². The number of carbonyl (C=O) groups is 1. The molecule has 1 aromatic heterocycles. The minimum absolute atomic E-state index is 0.105. The van der Waals surface area contributed by atoms with Crippen molar-refractivity contribution in [2.24, 2.45) is 0 Å². The molecule has 0 aliphatic rings. The van der Waals surface area contributed by atoms with Gasteiger partial charge in [-0.05, 0) is 6.07 Å². The highest BCUT2D eigenvalue weighted by molar-refractivity contribution is 7.11. The molecule has 1 aromatic carbocycles. The summed E-state index contributed by atoms with van der Waals surface area (Å²) in [6, 6.07) is 3.81. The van der Waals surface area contributed by atoms with E-state index in [0.29, 0.717) is 0 Å². The Kier molecular flexibility index (Phi) is 3.20. The van der Waals surface area contributed by atoms with Gasteiger partial charge in [0, 0.05) is 17.6 Å². The highest BCUT2D eigenvalue weighted by atomic mass is 32.1. The number of nitro groups is 1. The van der Waals surface area contributed by atoms with Crippen LogP contribution in [0.2, 0.25) is 0 Å². The molecule has 8 heteroatoms. The first-order valence-corrected chi connectivity index (χ1v) is 5.55. The molecule has 1 N–H and O–H groups in total. The number of nitro benzene ring substituents is 1. The lowest BCUT2D eigenvalue weighted by Gasteiger charge is -2.05. The maximum absolute atomic E-state index is 11.1. The third-order valence-corrected chi connectivity index (χ3v) is 2.67. The summed E-state index contributed by atoms with van der Waals surface area (Å²) in [6.07, 6.45) is 1.48. The van der Waals surface area contributed by atoms with Crippen LogP contribution in [0, 0.1) is 10.1 Å². The molecule has 0 saturated heterocycles. The summed E-state index contributed by atoms with van der Waals surface area (Å²) < 4.78 is 5.22. The van der Waals surface area contributed by atoms with E-state index < -0.39 is 22.1 Å². The fraction of sp³-hybridized carbons (Fsp3) is 0. The quantitative estimate of drug-likeness (QED) is 0.673. The summed E-state index contributed by atoms with van der Waals surface area (Å²) in [5, 5.41) is 21.6. The van der Waals surface area contributed by atoms with Crippen molar-refractivity contribution < 1.29 is 19.6 Å². The topological polar surface area (TPSA) is 103 Å². The Hall–Kier alpha value is -2.48. The molecule has 0 saturated carbocycles. The largest absolute Gasteiger partial charge is 0.477 e. The Morgan fingerprint density at radius 3 is 2.83 bits per heavy atom. The second kappa shape index (κ2) is 4.80. The Bertz CT molecular complexity index is 596. The third kappa shape index (κ3) is 2.28. The van der Waals surface area contributed by atoms with Crippen molar-refractivity contribution in [2.75, 3.05) is 0 Å². The zero-order valence-electron chi connectivity index (χ0n) is 8.77. The summed E-state index contributed by atoms with van der Waals surface area (Å²) in [5.74, 6) is -1.53. The maximum Gasteiger partial charge on any atom is 0.346 e.